The van der Waals surface area contributed by atoms with Gasteiger partial charge >= 0.3 is 0 Å². The molecule has 1 aliphatic heterocycles. The molecule has 0 atom stereocenters. The summed E-state index contributed by atoms with van der Waals surface area (Å²) in [6, 6.07) is 10.3. The van der Waals surface area contributed by atoms with Crippen molar-refractivity contribution in [3.05, 3.63) is 24.3 Å². The van der Waals surface area contributed by atoms with Crippen molar-refractivity contribution in [2.75, 3.05) is 51.3 Å². The fraction of sp³-hybridized carbons (Fsp3) is 0.579. The Labute approximate surface area is 150 Å². The van der Waals surface area contributed by atoms with E-state index < -0.39 is 5.54 Å². The number of carbonyl (C=O) groups excluding carboxylic acids is 1. The third-order valence-corrected chi connectivity index (χ3v) is 4.86. The van der Waals surface area contributed by atoms with Crippen molar-refractivity contribution in [1.29, 1.82) is 5.26 Å². The molecule has 0 aromatic heterocycles. The molecular weight excluding hydrogens is 316 g/mol. The van der Waals surface area contributed by atoms with Gasteiger partial charge in [0.05, 0.1) is 44.5 Å². The number of ether oxygens (including phenoxy) is 1. The van der Waals surface area contributed by atoms with E-state index in [0.717, 1.165) is 37.6 Å². The lowest BCUT2D eigenvalue weighted by Crippen LogP contribution is -3.16. The highest BCUT2D eigenvalue weighted by Gasteiger charge is 2.31. The van der Waals surface area contributed by atoms with Crippen molar-refractivity contribution >= 4 is 11.6 Å². The number of anilines is 1. The monoisotopic (exact) mass is 345 g/mol. The van der Waals surface area contributed by atoms with E-state index >= 15 is 0 Å². The van der Waals surface area contributed by atoms with E-state index in [1.54, 1.807) is 25.8 Å². The van der Waals surface area contributed by atoms with Gasteiger partial charge in [0, 0.05) is 7.05 Å². The predicted octanol–water partition coefficient (Wildman–Crippen LogP) is 0.551. The maximum atomic E-state index is 12.4. The number of amides is 1. The number of benzene rings is 1. The molecule has 1 aliphatic rings. The van der Waals surface area contributed by atoms with Crippen LogP contribution in [0.3, 0.4) is 0 Å². The molecule has 1 aromatic rings. The van der Waals surface area contributed by atoms with E-state index in [4.69, 9.17) is 4.74 Å². The van der Waals surface area contributed by atoms with Crippen LogP contribution in [0.2, 0.25) is 0 Å². The summed E-state index contributed by atoms with van der Waals surface area (Å²) in [5.41, 5.74) is 0.354. The Hall–Kier alpha value is -2.26. The lowest BCUT2D eigenvalue weighted by molar-refractivity contribution is -0.892. The van der Waals surface area contributed by atoms with Gasteiger partial charge in [-0.2, -0.15) is 5.26 Å². The molecule has 1 N–H and O–H groups in total. The maximum Gasteiger partial charge on any atom is 0.278 e. The van der Waals surface area contributed by atoms with Crippen LogP contribution in [-0.2, 0) is 4.79 Å². The highest BCUT2D eigenvalue weighted by molar-refractivity contribution is 5.78. The van der Waals surface area contributed by atoms with Crippen LogP contribution in [-0.4, -0.2) is 62.7 Å². The largest absolute Gasteiger partial charge is 0.492 e. The van der Waals surface area contributed by atoms with Gasteiger partial charge in [0.1, 0.15) is 11.3 Å². The van der Waals surface area contributed by atoms with Crippen LogP contribution in [0.1, 0.15) is 20.8 Å². The zero-order valence-electron chi connectivity index (χ0n) is 15.7. The number of rotatable bonds is 6. The van der Waals surface area contributed by atoms with E-state index in [1.807, 2.05) is 25.1 Å². The van der Waals surface area contributed by atoms with Crippen LogP contribution in [0.15, 0.2) is 24.3 Å². The highest BCUT2D eigenvalue weighted by Crippen LogP contribution is 2.27. The number of piperazine rings is 1. The number of nitriles is 1. The average Bonchev–Trinajstić information content (AvgIpc) is 2.62. The lowest BCUT2D eigenvalue weighted by atomic mass is 10.1. The molecule has 1 aromatic carbocycles. The van der Waals surface area contributed by atoms with E-state index in [2.05, 4.69) is 17.0 Å². The number of para-hydroxylation sites is 2. The minimum absolute atomic E-state index is 0.0183. The molecule has 0 unspecified atom stereocenters. The van der Waals surface area contributed by atoms with Gasteiger partial charge in [0.2, 0.25) is 0 Å². The fourth-order valence-electron chi connectivity index (χ4n) is 2.96. The molecule has 0 bridgehead atoms. The van der Waals surface area contributed by atoms with Gasteiger partial charge in [0.15, 0.2) is 6.54 Å². The first-order valence-electron chi connectivity index (χ1n) is 8.87. The quantitative estimate of drug-likeness (QED) is 0.818. The summed E-state index contributed by atoms with van der Waals surface area (Å²) >= 11 is 0. The van der Waals surface area contributed by atoms with Crippen molar-refractivity contribution < 1.29 is 14.4 Å². The Kier molecular flexibility index (Phi) is 6.27. The molecule has 0 saturated carbocycles. The lowest BCUT2D eigenvalue weighted by Gasteiger charge is -2.35. The molecule has 2 rings (SSSR count). The van der Waals surface area contributed by atoms with Crippen molar-refractivity contribution in [3.8, 4) is 11.8 Å². The summed E-state index contributed by atoms with van der Waals surface area (Å²) in [4.78, 5) is 17.6. The topological polar surface area (TPSA) is 61.0 Å². The summed E-state index contributed by atoms with van der Waals surface area (Å²) in [6.07, 6.45) is 0. The van der Waals surface area contributed by atoms with Crippen molar-refractivity contribution in [1.82, 2.24) is 4.90 Å². The molecule has 0 radical (unpaired) electrons. The Balaban J connectivity index is 1.92. The number of quaternary nitrogens is 1. The third-order valence-electron chi connectivity index (χ3n) is 4.86. The molecule has 1 heterocycles. The zero-order chi connectivity index (χ0) is 18.4. The zero-order valence-corrected chi connectivity index (χ0v) is 15.7. The van der Waals surface area contributed by atoms with E-state index in [1.165, 1.54) is 4.90 Å². The summed E-state index contributed by atoms with van der Waals surface area (Å²) in [5.74, 6) is 0.935. The molecule has 6 heteroatoms. The van der Waals surface area contributed by atoms with E-state index in [0.29, 0.717) is 13.2 Å². The Bertz CT molecular complexity index is 631. The Morgan fingerprint density at radius 2 is 2.00 bits per heavy atom. The first kappa shape index (κ1) is 19.1. The second-order valence-corrected chi connectivity index (χ2v) is 6.94. The van der Waals surface area contributed by atoms with Crippen LogP contribution in [0.25, 0.3) is 0 Å². The molecule has 6 nitrogen and oxygen atoms in total. The summed E-state index contributed by atoms with van der Waals surface area (Å²) in [6.45, 7) is 10.2. The molecule has 0 spiro atoms. The second-order valence-electron chi connectivity index (χ2n) is 6.94. The predicted molar refractivity (Wildman–Crippen MR) is 97.8 cm³/mol. The van der Waals surface area contributed by atoms with Gasteiger partial charge in [-0.1, -0.05) is 12.1 Å². The van der Waals surface area contributed by atoms with Gasteiger partial charge in [-0.15, -0.1) is 0 Å². The van der Waals surface area contributed by atoms with Crippen LogP contribution < -0.4 is 14.5 Å². The minimum Gasteiger partial charge on any atom is -0.492 e. The van der Waals surface area contributed by atoms with Crippen LogP contribution in [0.5, 0.6) is 5.75 Å². The van der Waals surface area contributed by atoms with Gasteiger partial charge in [-0.3, -0.25) is 4.79 Å². The third kappa shape index (κ3) is 4.64. The first-order valence-corrected chi connectivity index (χ1v) is 8.87. The number of hydrogen-bond acceptors (Lipinski definition) is 4. The van der Waals surface area contributed by atoms with Crippen molar-refractivity contribution in [3.63, 3.8) is 0 Å². The standard InChI is InChI=1S/C19H28N4O2/c1-5-25-17-9-7-6-8-16(17)23-12-10-22(11-13-23)14-18(24)21(4)19(2,3)15-20/h6-9H,5,10-14H2,1-4H3/p+1. The first-order chi connectivity index (χ1) is 11.9. The SMILES string of the molecule is CCOc1ccccc1N1CC[NH+](CC(=O)N(C)C(C)(C)C#N)CC1. The van der Waals surface area contributed by atoms with Gasteiger partial charge in [0.25, 0.3) is 5.91 Å². The Morgan fingerprint density at radius 1 is 1.36 bits per heavy atom. The minimum atomic E-state index is -0.769. The van der Waals surface area contributed by atoms with Gasteiger partial charge in [-0.05, 0) is 32.9 Å². The van der Waals surface area contributed by atoms with E-state index in [9.17, 15) is 10.1 Å². The molecule has 1 fully saturated rings. The normalized spacial score (nSPS) is 15.6. The average molecular weight is 345 g/mol. The van der Waals surface area contributed by atoms with Crippen molar-refractivity contribution in [2.45, 2.75) is 26.3 Å². The van der Waals surface area contributed by atoms with Crippen LogP contribution in [0, 0.1) is 11.3 Å². The molecule has 0 aliphatic carbocycles. The van der Waals surface area contributed by atoms with Crippen molar-refractivity contribution in [2.24, 2.45) is 0 Å². The Morgan fingerprint density at radius 3 is 2.60 bits per heavy atom. The molecular formula is C19H29N4O2+. The van der Waals surface area contributed by atoms with E-state index in [-0.39, 0.29) is 5.91 Å². The number of nitrogens with one attached hydrogen (secondary N) is 1. The highest BCUT2D eigenvalue weighted by atomic mass is 16.5. The van der Waals surface area contributed by atoms with Crippen LogP contribution >= 0.6 is 0 Å². The van der Waals surface area contributed by atoms with Crippen LogP contribution in [0.4, 0.5) is 5.69 Å². The summed E-state index contributed by atoms with van der Waals surface area (Å²) < 4.78 is 5.72. The number of nitrogens with zero attached hydrogens (tertiary/aromatic N) is 3. The molecule has 1 saturated heterocycles. The second kappa shape index (κ2) is 8.21. The number of hydrogen-bond donors (Lipinski definition) is 1. The molecule has 25 heavy (non-hydrogen) atoms. The summed E-state index contributed by atoms with van der Waals surface area (Å²) in [5, 5.41) is 9.18. The molecule has 1 amide bonds. The van der Waals surface area contributed by atoms with Gasteiger partial charge in [-0.25, -0.2) is 0 Å². The molecule has 136 valence electrons. The summed E-state index contributed by atoms with van der Waals surface area (Å²) in [7, 11) is 1.71. The smallest absolute Gasteiger partial charge is 0.278 e. The fourth-order valence-corrected chi connectivity index (χ4v) is 2.96. The van der Waals surface area contributed by atoms with Gasteiger partial charge < -0.3 is 19.4 Å². The number of carbonyl (C=O) groups is 1. The number of likely N-dealkylation sites (N-methyl/N-ethyl adjacent to an activating group) is 1. The maximum absolute atomic E-state index is 12.4.